The Hall–Kier alpha value is -3.58. The number of hydrogen-bond donors (Lipinski definition) is 1. The fourth-order valence-corrected chi connectivity index (χ4v) is 6.46. The number of hydrogen-bond acceptors (Lipinski definition) is 6. The third-order valence-electron chi connectivity index (χ3n) is 8.21. The van der Waals surface area contributed by atoms with E-state index in [-0.39, 0.29) is 34.9 Å². The van der Waals surface area contributed by atoms with Crippen LogP contribution in [0, 0.1) is 13.8 Å². The van der Waals surface area contributed by atoms with Crippen LogP contribution < -0.4 is 14.8 Å². The third kappa shape index (κ3) is 5.03. The van der Waals surface area contributed by atoms with E-state index in [4.69, 9.17) is 21.1 Å². The lowest BCUT2D eigenvalue weighted by molar-refractivity contribution is -0.118. The molecular formula is C32H35ClN2O5. The van der Waals surface area contributed by atoms with E-state index >= 15 is 0 Å². The number of allylic oxidation sites excluding steroid dienone is 4. The molecule has 5 rings (SSSR count). The summed E-state index contributed by atoms with van der Waals surface area (Å²) >= 11 is 6.75. The molecule has 0 aromatic heterocycles. The van der Waals surface area contributed by atoms with Crippen LogP contribution in [0.3, 0.4) is 0 Å². The van der Waals surface area contributed by atoms with Crippen molar-refractivity contribution in [1.82, 2.24) is 4.90 Å². The van der Waals surface area contributed by atoms with Gasteiger partial charge in [0.2, 0.25) is 0 Å². The first-order valence-corrected chi connectivity index (χ1v) is 14.3. The predicted molar refractivity (Wildman–Crippen MR) is 155 cm³/mol. The van der Waals surface area contributed by atoms with Crippen LogP contribution in [-0.4, -0.2) is 42.6 Å². The van der Waals surface area contributed by atoms with E-state index in [2.05, 4.69) is 17.1 Å². The van der Waals surface area contributed by atoms with Gasteiger partial charge in [0.15, 0.2) is 29.7 Å². The summed E-state index contributed by atoms with van der Waals surface area (Å²) in [6.07, 6.45) is 4.14. The van der Waals surface area contributed by atoms with Crippen molar-refractivity contribution in [1.29, 1.82) is 0 Å². The largest absolute Gasteiger partial charge is 0.493 e. The molecule has 0 radical (unpaired) electrons. The molecule has 7 nitrogen and oxygen atoms in total. The minimum absolute atomic E-state index is 0.0770. The van der Waals surface area contributed by atoms with Crippen molar-refractivity contribution in [2.45, 2.75) is 65.2 Å². The predicted octanol–water partition coefficient (Wildman–Crippen LogP) is 6.42. The number of amides is 1. The molecule has 0 bridgehead atoms. The Morgan fingerprint density at radius 2 is 1.68 bits per heavy atom. The van der Waals surface area contributed by atoms with E-state index < -0.39 is 5.92 Å². The van der Waals surface area contributed by atoms with Gasteiger partial charge in [0, 0.05) is 53.5 Å². The van der Waals surface area contributed by atoms with Gasteiger partial charge in [-0.2, -0.15) is 0 Å². The second kappa shape index (κ2) is 11.5. The van der Waals surface area contributed by atoms with Crippen LogP contribution in [0.15, 0.2) is 52.9 Å². The summed E-state index contributed by atoms with van der Waals surface area (Å²) in [7, 11) is 1.51. The van der Waals surface area contributed by atoms with Crippen LogP contribution in [0.25, 0.3) is 0 Å². The van der Waals surface area contributed by atoms with Crippen molar-refractivity contribution < 1.29 is 23.9 Å². The number of ketones is 2. The molecule has 40 heavy (non-hydrogen) atoms. The zero-order valence-electron chi connectivity index (χ0n) is 23.5. The number of methoxy groups -OCH3 is 1. The van der Waals surface area contributed by atoms with Gasteiger partial charge in [0.1, 0.15) is 0 Å². The fraction of sp³-hybridized carbons (Fsp3) is 0.406. The molecule has 2 aromatic carbocycles. The maximum absolute atomic E-state index is 13.4. The molecule has 3 aliphatic rings. The van der Waals surface area contributed by atoms with Crippen LogP contribution in [0.1, 0.15) is 68.1 Å². The Bertz CT molecular complexity index is 1410. The number of nitrogens with zero attached hydrogens (tertiary/aromatic N) is 1. The summed E-state index contributed by atoms with van der Waals surface area (Å²) in [4.78, 5) is 41.7. The van der Waals surface area contributed by atoms with E-state index in [1.807, 2.05) is 32.0 Å². The van der Waals surface area contributed by atoms with Crippen molar-refractivity contribution in [3.05, 3.63) is 74.6 Å². The van der Waals surface area contributed by atoms with Crippen molar-refractivity contribution in [3.8, 4) is 11.5 Å². The van der Waals surface area contributed by atoms with Crippen LogP contribution >= 0.6 is 11.6 Å². The van der Waals surface area contributed by atoms with E-state index in [1.54, 1.807) is 12.1 Å². The Balaban J connectivity index is 1.49. The van der Waals surface area contributed by atoms with Crippen molar-refractivity contribution in [2.24, 2.45) is 0 Å². The fourth-order valence-electron chi connectivity index (χ4n) is 6.19. The molecule has 8 heteroatoms. The standard InChI is InChI=1S/C32H35ClN2O5/c1-5-35-23-11-7-13-25(36)30(23)29(31-24(35)12-8-14-26(31)37)20-15-21(33)32(27(16-20)39-4)40-17-28(38)34-22-10-6-9-18(2)19(22)3/h6,9-10,15-16,29H,5,7-8,11-14,17H2,1-4H3,(H,34,38). The number of aryl methyl sites for hydroxylation is 1. The molecule has 2 aromatic rings. The van der Waals surface area contributed by atoms with E-state index in [0.717, 1.165) is 59.5 Å². The Morgan fingerprint density at radius 3 is 2.27 bits per heavy atom. The number of ether oxygens (including phenoxy) is 2. The Labute approximate surface area is 240 Å². The van der Waals surface area contributed by atoms with Gasteiger partial charge in [-0.3, -0.25) is 14.4 Å². The molecule has 1 N–H and O–H groups in total. The molecule has 2 aliphatic carbocycles. The summed E-state index contributed by atoms with van der Waals surface area (Å²) in [5.41, 5.74) is 6.95. The molecule has 210 valence electrons. The average Bonchev–Trinajstić information content (AvgIpc) is 2.93. The highest BCUT2D eigenvalue weighted by Gasteiger charge is 2.43. The summed E-state index contributed by atoms with van der Waals surface area (Å²) in [5, 5.41) is 3.14. The van der Waals surface area contributed by atoms with Crippen LogP contribution in [-0.2, 0) is 14.4 Å². The lowest BCUT2D eigenvalue weighted by Crippen LogP contribution is -2.39. The molecule has 0 saturated carbocycles. The third-order valence-corrected chi connectivity index (χ3v) is 8.49. The minimum atomic E-state index is -0.499. The van der Waals surface area contributed by atoms with Crippen molar-refractivity contribution in [3.63, 3.8) is 0 Å². The summed E-state index contributed by atoms with van der Waals surface area (Å²) in [5.74, 6) is -0.0880. The number of anilines is 1. The molecule has 1 amide bonds. The lowest BCUT2D eigenvalue weighted by atomic mass is 9.71. The SMILES string of the molecule is CCN1C2=C(C(=O)CCC2)C(c2cc(Cl)c(OCC(=O)Nc3cccc(C)c3C)c(OC)c2)C2=C1CCCC2=O. The number of benzene rings is 2. The Morgan fingerprint density at radius 1 is 1.02 bits per heavy atom. The number of carbonyl (C=O) groups is 3. The highest BCUT2D eigenvalue weighted by atomic mass is 35.5. The highest BCUT2D eigenvalue weighted by molar-refractivity contribution is 6.32. The number of nitrogens with one attached hydrogen (secondary N) is 1. The molecule has 1 heterocycles. The second-order valence-electron chi connectivity index (χ2n) is 10.6. The molecule has 1 aliphatic heterocycles. The van der Waals surface area contributed by atoms with Crippen LogP contribution in [0.4, 0.5) is 5.69 Å². The normalized spacial score (nSPS) is 17.6. The monoisotopic (exact) mass is 562 g/mol. The molecule has 0 unspecified atom stereocenters. The average molecular weight is 563 g/mol. The molecule has 0 fully saturated rings. The Kier molecular flexibility index (Phi) is 8.04. The second-order valence-corrected chi connectivity index (χ2v) is 11.0. The molecule has 0 atom stereocenters. The van der Waals surface area contributed by atoms with Gasteiger partial charge in [-0.05, 0) is 81.3 Å². The number of carbonyl (C=O) groups excluding carboxylic acids is 3. The maximum Gasteiger partial charge on any atom is 0.262 e. The smallest absolute Gasteiger partial charge is 0.262 e. The van der Waals surface area contributed by atoms with Crippen LogP contribution in [0.5, 0.6) is 11.5 Å². The van der Waals surface area contributed by atoms with Gasteiger partial charge in [-0.15, -0.1) is 0 Å². The summed E-state index contributed by atoms with van der Waals surface area (Å²) in [6, 6.07) is 9.25. The van der Waals surface area contributed by atoms with Gasteiger partial charge in [-0.1, -0.05) is 23.7 Å². The van der Waals surface area contributed by atoms with Gasteiger partial charge >= 0.3 is 0 Å². The summed E-state index contributed by atoms with van der Waals surface area (Å²) < 4.78 is 11.5. The topological polar surface area (TPSA) is 84.9 Å². The van der Waals surface area contributed by atoms with E-state index in [0.29, 0.717) is 36.3 Å². The first-order valence-electron chi connectivity index (χ1n) is 13.9. The van der Waals surface area contributed by atoms with E-state index in [1.165, 1.54) is 7.11 Å². The zero-order chi connectivity index (χ0) is 28.6. The number of halogens is 1. The van der Waals surface area contributed by atoms with Gasteiger partial charge in [0.05, 0.1) is 12.1 Å². The number of Topliss-reactive ketones (excluding diaryl/α,β-unsaturated/α-hetero) is 2. The van der Waals surface area contributed by atoms with Gasteiger partial charge in [0.25, 0.3) is 5.91 Å². The van der Waals surface area contributed by atoms with Crippen molar-refractivity contribution in [2.75, 3.05) is 25.6 Å². The zero-order valence-corrected chi connectivity index (χ0v) is 24.2. The summed E-state index contributed by atoms with van der Waals surface area (Å²) in [6.45, 7) is 6.45. The minimum Gasteiger partial charge on any atom is -0.493 e. The quantitative estimate of drug-likeness (QED) is 0.419. The molecule has 0 spiro atoms. The van der Waals surface area contributed by atoms with Gasteiger partial charge < -0.3 is 19.7 Å². The molecule has 0 saturated heterocycles. The van der Waals surface area contributed by atoms with Crippen LogP contribution in [0.2, 0.25) is 5.02 Å². The number of rotatable bonds is 7. The van der Waals surface area contributed by atoms with Crippen molar-refractivity contribution >= 4 is 34.8 Å². The first kappa shape index (κ1) is 28.0. The first-order chi connectivity index (χ1) is 19.2. The molecular weight excluding hydrogens is 528 g/mol. The maximum atomic E-state index is 13.4. The highest BCUT2D eigenvalue weighted by Crippen LogP contribution is 2.51. The van der Waals surface area contributed by atoms with Gasteiger partial charge in [-0.25, -0.2) is 0 Å². The lowest BCUT2D eigenvalue weighted by Gasteiger charge is -2.43. The van der Waals surface area contributed by atoms with E-state index in [9.17, 15) is 14.4 Å².